The number of para-hydroxylation sites is 3. The highest BCUT2D eigenvalue weighted by Gasteiger charge is 2.27. The summed E-state index contributed by atoms with van der Waals surface area (Å²) in [4.78, 5) is 26.9. The first-order valence-corrected chi connectivity index (χ1v) is 9.12. The molecular weight excluding hydrogens is 373 g/mol. The van der Waals surface area contributed by atoms with Gasteiger partial charge in [0.1, 0.15) is 11.6 Å². The molecule has 4 rings (SSSR count). The van der Waals surface area contributed by atoms with Crippen molar-refractivity contribution in [2.24, 2.45) is 0 Å². The molecule has 146 valence electrons. The molecule has 1 aliphatic heterocycles. The lowest BCUT2D eigenvalue weighted by Gasteiger charge is -2.19. The minimum Gasteiger partial charge on any atom is -0.454 e. The number of hydrogen-bond acceptors (Lipinski definition) is 3. The molecule has 0 spiro atoms. The summed E-state index contributed by atoms with van der Waals surface area (Å²) in [6.45, 7) is 2.34. The van der Waals surface area contributed by atoms with E-state index >= 15 is 0 Å². The fourth-order valence-electron chi connectivity index (χ4n) is 3.16. The first-order valence-electron chi connectivity index (χ1n) is 9.12. The van der Waals surface area contributed by atoms with E-state index in [0.29, 0.717) is 35.0 Å². The Bertz CT molecular complexity index is 1100. The van der Waals surface area contributed by atoms with Gasteiger partial charge in [0.15, 0.2) is 5.75 Å². The lowest BCUT2D eigenvalue weighted by molar-refractivity contribution is 0.0988. The van der Waals surface area contributed by atoms with E-state index in [0.717, 1.165) is 0 Å². The molecule has 1 heterocycles. The highest BCUT2D eigenvalue weighted by molar-refractivity contribution is 6.10. The monoisotopic (exact) mass is 391 g/mol. The normalized spacial score (nSPS) is 12.3. The fourth-order valence-corrected chi connectivity index (χ4v) is 3.16. The molecule has 0 saturated carbocycles. The Balaban J connectivity index is 1.60. The number of carbonyl (C=O) groups is 2. The van der Waals surface area contributed by atoms with Crippen LogP contribution in [-0.2, 0) is 0 Å². The first kappa shape index (κ1) is 18.5. The minimum absolute atomic E-state index is 0.0618. The van der Waals surface area contributed by atoms with Gasteiger partial charge < -0.3 is 20.3 Å². The number of ether oxygens (including phenoxy) is 1. The number of amides is 3. The quantitative estimate of drug-likeness (QED) is 0.641. The van der Waals surface area contributed by atoms with Gasteiger partial charge >= 0.3 is 6.03 Å². The molecule has 0 bridgehead atoms. The third-order valence-corrected chi connectivity index (χ3v) is 4.53. The Morgan fingerprint density at radius 3 is 2.55 bits per heavy atom. The number of carbonyl (C=O) groups excluding carboxylic acids is 2. The summed E-state index contributed by atoms with van der Waals surface area (Å²) in [5.41, 5.74) is 1.46. The number of hydrogen-bond donors (Lipinski definition) is 2. The number of halogens is 1. The number of nitrogens with zero attached hydrogens (tertiary/aromatic N) is 1. The number of nitrogens with one attached hydrogen (secondary N) is 2. The smallest absolute Gasteiger partial charge is 0.323 e. The van der Waals surface area contributed by atoms with Crippen LogP contribution >= 0.6 is 0 Å². The fraction of sp³-hybridized carbons (Fsp3) is 0.0909. The molecule has 0 fully saturated rings. The van der Waals surface area contributed by atoms with Crippen LogP contribution in [0.5, 0.6) is 11.5 Å². The first-order chi connectivity index (χ1) is 14.1. The average Bonchev–Trinajstić information content (AvgIpc) is 2.83. The van der Waals surface area contributed by atoms with Crippen molar-refractivity contribution in [3.05, 3.63) is 78.1 Å². The molecule has 6 nitrogen and oxygen atoms in total. The summed E-state index contributed by atoms with van der Waals surface area (Å²) in [6.07, 6.45) is 0. The summed E-state index contributed by atoms with van der Waals surface area (Å²) in [6, 6.07) is 17.4. The Hall–Kier alpha value is -3.87. The zero-order valence-corrected chi connectivity index (χ0v) is 15.6. The van der Waals surface area contributed by atoms with Crippen LogP contribution in [-0.4, -0.2) is 18.5 Å². The molecule has 7 heteroatoms. The van der Waals surface area contributed by atoms with Gasteiger partial charge in [-0.1, -0.05) is 24.3 Å². The largest absolute Gasteiger partial charge is 0.454 e. The maximum Gasteiger partial charge on any atom is 0.323 e. The van der Waals surface area contributed by atoms with E-state index in [2.05, 4.69) is 10.6 Å². The maximum atomic E-state index is 13.7. The van der Waals surface area contributed by atoms with Crippen LogP contribution < -0.4 is 20.3 Å². The SMILES string of the molecule is CCN1C(=O)c2cc(NC(=O)Nc3ccccc3F)ccc2Oc2ccccc21. The van der Waals surface area contributed by atoms with E-state index in [-0.39, 0.29) is 11.6 Å². The van der Waals surface area contributed by atoms with Crippen molar-refractivity contribution in [1.82, 2.24) is 0 Å². The van der Waals surface area contributed by atoms with Gasteiger partial charge in [0.2, 0.25) is 0 Å². The van der Waals surface area contributed by atoms with Gasteiger partial charge in [-0.25, -0.2) is 9.18 Å². The molecule has 0 aromatic heterocycles. The van der Waals surface area contributed by atoms with E-state index in [9.17, 15) is 14.0 Å². The van der Waals surface area contributed by atoms with Gasteiger partial charge in [-0.2, -0.15) is 0 Å². The second-order valence-electron chi connectivity index (χ2n) is 6.39. The Morgan fingerprint density at radius 2 is 1.76 bits per heavy atom. The minimum atomic E-state index is -0.618. The van der Waals surface area contributed by atoms with E-state index in [1.165, 1.54) is 18.2 Å². The molecule has 1 aliphatic rings. The van der Waals surface area contributed by atoms with Gasteiger partial charge in [-0.3, -0.25) is 4.79 Å². The van der Waals surface area contributed by atoms with E-state index in [4.69, 9.17) is 4.74 Å². The summed E-state index contributed by atoms with van der Waals surface area (Å²) in [7, 11) is 0. The van der Waals surface area contributed by atoms with Gasteiger partial charge in [-0.15, -0.1) is 0 Å². The van der Waals surface area contributed by atoms with Crippen molar-refractivity contribution in [1.29, 1.82) is 0 Å². The molecule has 3 aromatic carbocycles. The molecule has 0 aliphatic carbocycles. The maximum absolute atomic E-state index is 13.7. The highest BCUT2D eigenvalue weighted by Crippen LogP contribution is 2.39. The Kier molecular flexibility index (Phi) is 4.87. The van der Waals surface area contributed by atoms with Gasteiger partial charge in [0.25, 0.3) is 5.91 Å². The highest BCUT2D eigenvalue weighted by atomic mass is 19.1. The molecule has 3 aromatic rings. The molecule has 0 radical (unpaired) electrons. The van der Waals surface area contributed by atoms with Crippen molar-refractivity contribution >= 4 is 29.0 Å². The predicted octanol–water partition coefficient (Wildman–Crippen LogP) is 5.24. The number of rotatable bonds is 3. The third-order valence-electron chi connectivity index (χ3n) is 4.53. The number of fused-ring (bicyclic) bond motifs is 2. The van der Waals surface area contributed by atoms with Crippen LogP contribution in [0.4, 0.5) is 26.2 Å². The molecular formula is C22H18FN3O3. The third kappa shape index (κ3) is 3.62. The molecule has 0 atom stereocenters. The molecule has 0 unspecified atom stereocenters. The molecule has 0 saturated heterocycles. The van der Waals surface area contributed by atoms with Crippen molar-refractivity contribution in [3.63, 3.8) is 0 Å². The van der Waals surface area contributed by atoms with E-state index in [1.54, 1.807) is 35.2 Å². The number of benzene rings is 3. The van der Waals surface area contributed by atoms with Gasteiger partial charge in [0, 0.05) is 12.2 Å². The number of anilines is 3. The lowest BCUT2D eigenvalue weighted by Crippen LogP contribution is -2.30. The van der Waals surface area contributed by atoms with Crippen molar-refractivity contribution in [2.75, 3.05) is 22.1 Å². The Morgan fingerprint density at radius 1 is 1.00 bits per heavy atom. The second-order valence-corrected chi connectivity index (χ2v) is 6.39. The Labute approximate surface area is 166 Å². The summed E-state index contributed by atoms with van der Waals surface area (Å²) in [5, 5.41) is 5.06. The molecule has 29 heavy (non-hydrogen) atoms. The average molecular weight is 391 g/mol. The van der Waals surface area contributed by atoms with Crippen molar-refractivity contribution < 1.29 is 18.7 Å². The summed E-state index contributed by atoms with van der Waals surface area (Å²) < 4.78 is 19.6. The zero-order valence-electron chi connectivity index (χ0n) is 15.6. The van der Waals surface area contributed by atoms with Gasteiger partial charge in [-0.05, 0) is 49.4 Å². The molecule has 3 amide bonds. The van der Waals surface area contributed by atoms with Crippen molar-refractivity contribution in [2.45, 2.75) is 6.92 Å². The zero-order chi connectivity index (χ0) is 20.4. The van der Waals surface area contributed by atoms with E-state index < -0.39 is 11.8 Å². The number of urea groups is 1. The van der Waals surface area contributed by atoms with Crippen molar-refractivity contribution in [3.8, 4) is 11.5 Å². The van der Waals surface area contributed by atoms with Crippen LogP contribution in [0.2, 0.25) is 0 Å². The summed E-state index contributed by atoms with van der Waals surface area (Å²) in [5.74, 6) is 0.216. The topological polar surface area (TPSA) is 70.7 Å². The lowest BCUT2D eigenvalue weighted by atomic mass is 10.1. The second kappa shape index (κ2) is 7.63. The standard InChI is InChI=1S/C22H18FN3O3/c1-2-26-18-9-5-6-10-20(18)29-19-12-11-14(13-15(19)21(26)27)24-22(28)25-17-8-4-3-7-16(17)23/h3-13H,2H2,1H3,(H2,24,25,28). The van der Waals surface area contributed by atoms with E-state index in [1.807, 2.05) is 25.1 Å². The van der Waals surface area contributed by atoms with Gasteiger partial charge in [0.05, 0.1) is 16.9 Å². The van der Waals surface area contributed by atoms with Crippen LogP contribution in [0.3, 0.4) is 0 Å². The summed E-state index contributed by atoms with van der Waals surface area (Å²) >= 11 is 0. The van der Waals surface area contributed by atoms with Crippen LogP contribution in [0.25, 0.3) is 0 Å². The van der Waals surface area contributed by atoms with Crippen LogP contribution in [0.15, 0.2) is 66.7 Å². The molecule has 2 N–H and O–H groups in total. The predicted molar refractivity (Wildman–Crippen MR) is 109 cm³/mol. The van der Waals surface area contributed by atoms with Crippen LogP contribution in [0.1, 0.15) is 17.3 Å². The van der Waals surface area contributed by atoms with Crippen LogP contribution in [0, 0.1) is 5.82 Å².